The number of hydrogen-bond donors (Lipinski definition) is 2. The third-order valence-corrected chi connectivity index (χ3v) is 3.61. The maximum atomic E-state index is 11.8. The van der Waals surface area contributed by atoms with Crippen LogP contribution in [0.15, 0.2) is 30.3 Å². The topological polar surface area (TPSA) is 50.4 Å². The lowest BCUT2D eigenvalue weighted by molar-refractivity contribution is 0.131. The van der Waals surface area contributed by atoms with Gasteiger partial charge in [0.2, 0.25) is 0 Å². The monoisotopic (exact) mass is 262 g/mol. The van der Waals surface area contributed by atoms with Gasteiger partial charge in [-0.1, -0.05) is 37.3 Å². The summed E-state index contributed by atoms with van der Waals surface area (Å²) >= 11 is 0. The standard InChI is InChI=1S/C15H22N2O2/c1-12-7-9-16-10-8-14(12)17-15(18)19-11-13-5-3-2-4-6-13/h2-6,12,14,16H,7-11H2,1H3,(H,17,18). The van der Waals surface area contributed by atoms with E-state index in [1.807, 2.05) is 30.3 Å². The highest BCUT2D eigenvalue weighted by Crippen LogP contribution is 2.13. The summed E-state index contributed by atoms with van der Waals surface area (Å²) in [5.41, 5.74) is 1.01. The third-order valence-electron chi connectivity index (χ3n) is 3.61. The summed E-state index contributed by atoms with van der Waals surface area (Å²) in [4.78, 5) is 11.8. The smallest absolute Gasteiger partial charge is 0.407 e. The molecule has 1 fully saturated rings. The largest absolute Gasteiger partial charge is 0.445 e. The highest BCUT2D eigenvalue weighted by atomic mass is 16.5. The van der Waals surface area contributed by atoms with Crippen LogP contribution in [-0.4, -0.2) is 25.2 Å². The predicted octanol–water partition coefficient (Wildman–Crippen LogP) is 2.30. The summed E-state index contributed by atoms with van der Waals surface area (Å²) in [6.45, 7) is 4.48. The van der Waals surface area contributed by atoms with Gasteiger partial charge in [0.25, 0.3) is 0 Å². The Morgan fingerprint density at radius 1 is 1.32 bits per heavy atom. The zero-order chi connectivity index (χ0) is 13.5. The van der Waals surface area contributed by atoms with E-state index in [2.05, 4.69) is 17.6 Å². The fourth-order valence-electron chi connectivity index (χ4n) is 2.33. The second kappa shape index (κ2) is 7.14. The highest BCUT2D eigenvalue weighted by Gasteiger charge is 2.21. The quantitative estimate of drug-likeness (QED) is 0.879. The van der Waals surface area contributed by atoms with E-state index in [1.54, 1.807) is 0 Å². The highest BCUT2D eigenvalue weighted by molar-refractivity contribution is 5.67. The summed E-state index contributed by atoms with van der Waals surface area (Å²) < 4.78 is 5.25. The SMILES string of the molecule is CC1CCNCCC1NC(=O)OCc1ccccc1. The van der Waals surface area contributed by atoms with Crippen LogP contribution in [0, 0.1) is 5.92 Å². The number of carbonyl (C=O) groups is 1. The lowest BCUT2D eigenvalue weighted by Crippen LogP contribution is -2.39. The van der Waals surface area contributed by atoms with Crippen molar-refractivity contribution in [3.05, 3.63) is 35.9 Å². The van der Waals surface area contributed by atoms with Gasteiger partial charge in [-0.15, -0.1) is 0 Å². The molecule has 104 valence electrons. The summed E-state index contributed by atoms with van der Waals surface area (Å²) in [6.07, 6.45) is 1.73. The van der Waals surface area contributed by atoms with E-state index in [0.717, 1.165) is 31.5 Å². The minimum Gasteiger partial charge on any atom is -0.445 e. The van der Waals surface area contributed by atoms with Crippen molar-refractivity contribution < 1.29 is 9.53 Å². The molecule has 2 N–H and O–H groups in total. The Balaban J connectivity index is 1.77. The van der Waals surface area contributed by atoms with Gasteiger partial charge in [0, 0.05) is 6.04 Å². The zero-order valence-electron chi connectivity index (χ0n) is 11.4. The molecule has 0 aromatic heterocycles. The number of benzene rings is 1. The van der Waals surface area contributed by atoms with E-state index in [4.69, 9.17) is 4.74 Å². The molecule has 0 saturated carbocycles. The van der Waals surface area contributed by atoms with Crippen molar-refractivity contribution in [1.29, 1.82) is 0 Å². The first-order chi connectivity index (χ1) is 9.25. The van der Waals surface area contributed by atoms with Gasteiger partial charge < -0.3 is 15.4 Å². The van der Waals surface area contributed by atoms with Gasteiger partial charge in [-0.2, -0.15) is 0 Å². The molecule has 1 heterocycles. The third kappa shape index (κ3) is 4.56. The molecule has 4 nitrogen and oxygen atoms in total. The van der Waals surface area contributed by atoms with Crippen LogP contribution in [0.25, 0.3) is 0 Å². The molecule has 1 aromatic carbocycles. The van der Waals surface area contributed by atoms with Crippen LogP contribution >= 0.6 is 0 Å². The van der Waals surface area contributed by atoms with E-state index >= 15 is 0 Å². The molecule has 0 aliphatic carbocycles. The van der Waals surface area contributed by atoms with E-state index in [9.17, 15) is 4.79 Å². The summed E-state index contributed by atoms with van der Waals surface area (Å²) in [7, 11) is 0. The first-order valence-corrected chi connectivity index (χ1v) is 6.93. The van der Waals surface area contributed by atoms with Crippen molar-refractivity contribution in [1.82, 2.24) is 10.6 Å². The Morgan fingerprint density at radius 2 is 2.05 bits per heavy atom. The van der Waals surface area contributed by atoms with Crippen molar-refractivity contribution in [2.45, 2.75) is 32.4 Å². The molecule has 0 bridgehead atoms. The normalized spacial score (nSPS) is 23.4. The molecule has 1 saturated heterocycles. The number of amides is 1. The molecule has 4 heteroatoms. The molecule has 0 radical (unpaired) electrons. The average Bonchev–Trinajstić information content (AvgIpc) is 2.63. The van der Waals surface area contributed by atoms with Crippen LogP contribution in [0.2, 0.25) is 0 Å². The molecule has 19 heavy (non-hydrogen) atoms. The van der Waals surface area contributed by atoms with E-state index in [-0.39, 0.29) is 12.1 Å². The van der Waals surface area contributed by atoms with Crippen molar-refractivity contribution in [2.24, 2.45) is 5.92 Å². The lowest BCUT2D eigenvalue weighted by Gasteiger charge is -2.22. The van der Waals surface area contributed by atoms with Crippen LogP contribution in [-0.2, 0) is 11.3 Å². The summed E-state index contributed by atoms with van der Waals surface area (Å²) in [6, 6.07) is 9.93. The Kier molecular flexibility index (Phi) is 5.21. The maximum Gasteiger partial charge on any atom is 0.407 e. The Hall–Kier alpha value is -1.55. The summed E-state index contributed by atoms with van der Waals surface area (Å²) in [5.74, 6) is 0.485. The van der Waals surface area contributed by atoms with Gasteiger partial charge in [0.15, 0.2) is 0 Å². The number of nitrogens with one attached hydrogen (secondary N) is 2. The molecule has 2 rings (SSSR count). The van der Waals surface area contributed by atoms with Crippen molar-refractivity contribution >= 4 is 6.09 Å². The Bertz CT molecular complexity index is 394. The molecule has 0 spiro atoms. The molecule has 2 unspecified atom stereocenters. The van der Waals surface area contributed by atoms with Gasteiger partial charge in [-0.05, 0) is 37.4 Å². The van der Waals surface area contributed by atoms with Crippen molar-refractivity contribution in [2.75, 3.05) is 13.1 Å². The first-order valence-electron chi connectivity index (χ1n) is 6.93. The second-order valence-corrected chi connectivity index (χ2v) is 5.12. The van der Waals surface area contributed by atoms with Crippen LogP contribution < -0.4 is 10.6 Å². The molecule has 2 atom stereocenters. The fourth-order valence-corrected chi connectivity index (χ4v) is 2.33. The molecule has 1 amide bonds. The van der Waals surface area contributed by atoms with Crippen LogP contribution in [0.5, 0.6) is 0 Å². The number of hydrogen-bond acceptors (Lipinski definition) is 3. The molecule has 1 aliphatic heterocycles. The van der Waals surface area contributed by atoms with E-state index < -0.39 is 0 Å². The van der Waals surface area contributed by atoms with Gasteiger partial charge >= 0.3 is 6.09 Å². The van der Waals surface area contributed by atoms with Crippen LogP contribution in [0.4, 0.5) is 4.79 Å². The van der Waals surface area contributed by atoms with Gasteiger partial charge in [-0.25, -0.2) is 4.79 Å². The van der Waals surface area contributed by atoms with Crippen molar-refractivity contribution in [3.8, 4) is 0 Å². The van der Waals surface area contributed by atoms with Gasteiger partial charge in [0.05, 0.1) is 0 Å². The summed E-state index contributed by atoms with van der Waals surface area (Å²) in [5, 5.41) is 6.32. The number of alkyl carbamates (subject to hydrolysis) is 1. The van der Waals surface area contributed by atoms with Gasteiger partial charge in [-0.3, -0.25) is 0 Å². The Labute approximate surface area is 114 Å². The molecular weight excluding hydrogens is 240 g/mol. The van der Waals surface area contributed by atoms with E-state index in [0.29, 0.717) is 12.5 Å². The minimum atomic E-state index is -0.317. The predicted molar refractivity (Wildman–Crippen MR) is 74.8 cm³/mol. The number of carbonyl (C=O) groups excluding carboxylic acids is 1. The number of rotatable bonds is 3. The second-order valence-electron chi connectivity index (χ2n) is 5.12. The zero-order valence-corrected chi connectivity index (χ0v) is 11.4. The lowest BCUT2D eigenvalue weighted by atomic mass is 9.97. The maximum absolute atomic E-state index is 11.8. The molecular formula is C15H22N2O2. The molecule has 1 aromatic rings. The average molecular weight is 262 g/mol. The minimum absolute atomic E-state index is 0.207. The molecule has 1 aliphatic rings. The van der Waals surface area contributed by atoms with Crippen LogP contribution in [0.3, 0.4) is 0 Å². The first kappa shape index (κ1) is 13.9. The Morgan fingerprint density at radius 3 is 2.84 bits per heavy atom. The van der Waals surface area contributed by atoms with E-state index in [1.165, 1.54) is 0 Å². The van der Waals surface area contributed by atoms with Gasteiger partial charge in [0.1, 0.15) is 6.61 Å². The van der Waals surface area contributed by atoms with Crippen molar-refractivity contribution in [3.63, 3.8) is 0 Å². The fraction of sp³-hybridized carbons (Fsp3) is 0.533. The van der Waals surface area contributed by atoms with Crippen LogP contribution in [0.1, 0.15) is 25.3 Å². The number of ether oxygens (including phenoxy) is 1.